The maximum atomic E-state index is 11.7. The molecule has 0 saturated heterocycles. The predicted octanol–water partition coefficient (Wildman–Crippen LogP) is 3.08. The van der Waals surface area contributed by atoms with Crippen LogP contribution in [-0.4, -0.2) is 10.8 Å². The highest BCUT2D eigenvalue weighted by atomic mass is 16.1. The van der Waals surface area contributed by atoms with Gasteiger partial charge in [-0.2, -0.15) is 0 Å². The Labute approximate surface area is 87.6 Å². The van der Waals surface area contributed by atoms with Crippen molar-refractivity contribution >= 4 is 22.8 Å². The van der Waals surface area contributed by atoms with Crippen molar-refractivity contribution in [1.29, 1.82) is 0 Å². The zero-order valence-corrected chi connectivity index (χ0v) is 8.50. The number of hydrogen-bond acceptors (Lipinski definition) is 1. The van der Waals surface area contributed by atoms with Crippen molar-refractivity contribution in [2.24, 2.45) is 0 Å². The number of aromatic amines is 1. The number of carbonyl (C=O) groups is 1. The summed E-state index contributed by atoms with van der Waals surface area (Å²) in [5.74, 6) is 0.182. The molecule has 0 spiro atoms. The van der Waals surface area contributed by atoms with Crippen LogP contribution in [0.5, 0.6) is 0 Å². The van der Waals surface area contributed by atoms with E-state index in [1.54, 1.807) is 0 Å². The molecule has 0 unspecified atom stereocenters. The third-order valence-corrected chi connectivity index (χ3v) is 2.86. The number of ketones is 1. The van der Waals surface area contributed by atoms with E-state index in [1.165, 1.54) is 5.56 Å². The maximum absolute atomic E-state index is 11.7. The second-order valence-corrected chi connectivity index (χ2v) is 3.99. The van der Waals surface area contributed by atoms with Crippen molar-refractivity contribution in [3.63, 3.8) is 0 Å². The minimum absolute atomic E-state index is 0.182. The van der Waals surface area contributed by atoms with Crippen LogP contribution in [0, 0.1) is 6.92 Å². The molecule has 0 radical (unpaired) electrons. The fourth-order valence-electron chi connectivity index (χ4n) is 2.11. The van der Waals surface area contributed by atoms with Crippen LogP contribution < -0.4 is 0 Å². The van der Waals surface area contributed by atoms with E-state index in [0.717, 1.165) is 22.2 Å². The van der Waals surface area contributed by atoms with E-state index in [4.69, 9.17) is 0 Å². The first-order valence-corrected chi connectivity index (χ1v) is 5.08. The molecular weight excluding hydrogens is 186 g/mol. The molecule has 1 heterocycles. The van der Waals surface area contributed by atoms with Crippen LogP contribution in [0.2, 0.25) is 0 Å². The predicted molar refractivity (Wildman–Crippen MR) is 61.0 cm³/mol. The minimum Gasteiger partial charge on any atom is -0.352 e. The van der Waals surface area contributed by atoms with Gasteiger partial charge in [0.05, 0.1) is 5.69 Å². The van der Waals surface area contributed by atoms with E-state index < -0.39 is 0 Å². The van der Waals surface area contributed by atoms with E-state index in [1.807, 2.05) is 18.2 Å². The smallest absolute Gasteiger partial charge is 0.183 e. The minimum atomic E-state index is 0.182. The average molecular weight is 197 g/mol. The summed E-state index contributed by atoms with van der Waals surface area (Å²) < 4.78 is 0. The Morgan fingerprint density at radius 3 is 3.07 bits per heavy atom. The number of rotatable bonds is 0. The monoisotopic (exact) mass is 197 g/mol. The van der Waals surface area contributed by atoms with E-state index in [9.17, 15) is 4.79 Å². The van der Waals surface area contributed by atoms with Gasteiger partial charge >= 0.3 is 0 Å². The quantitative estimate of drug-likeness (QED) is 0.691. The number of aryl methyl sites for hydroxylation is 1. The maximum Gasteiger partial charge on any atom is 0.183 e. The summed E-state index contributed by atoms with van der Waals surface area (Å²) in [7, 11) is 0. The Balaban J connectivity index is 2.42. The van der Waals surface area contributed by atoms with Gasteiger partial charge in [-0.15, -0.1) is 0 Å². The Bertz CT molecular complexity index is 590. The van der Waals surface area contributed by atoms with Gasteiger partial charge in [0.25, 0.3) is 0 Å². The number of fused-ring (bicyclic) bond motifs is 3. The van der Waals surface area contributed by atoms with E-state index in [2.05, 4.69) is 24.0 Å². The van der Waals surface area contributed by atoms with Gasteiger partial charge in [-0.25, -0.2) is 0 Å². The number of aromatic nitrogens is 1. The van der Waals surface area contributed by atoms with Crippen LogP contribution in [0.3, 0.4) is 0 Å². The molecule has 74 valence electrons. The molecule has 1 aliphatic carbocycles. The molecule has 1 N–H and O–H groups in total. The molecule has 0 saturated carbocycles. The van der Waals surface area contributed by atoms with Crippen molar-refractivity contribution in [2.45, 2.75) is 13.3 Å². The molecule has 1 aliphatic rings. The van der Waals surface area contributed by atoms with Gasteiger partial charge in [0, 0.05) is 22.9 Å². The normalized spacial score (nSPS) is 14.6. The molecule has 0 atom stereocenters. The summed E-state index contributed by atoms with van der Waals surface area (Å²) in [5.41, 5.74) is 4.07. The van der Waals surface area contributed by atoms with Gasteiger partial charge in [0.15, 0.2) is 5.78 Å². The van der Waals surface area contributed by atoms with Crippen LogP contribution in [-0.2, 0) is 0 Å². The lowest BCUT2D eigenvalue weighted by atomic mass is 10.0. The first-order chi connectivity index (χ1) is 7.25. The number of benzene rings is 1. The van der Waals surface area contributed by atoms with E-state index in [0.29, 0.717) is 6.42 Å². The Morgan fingerprint density at radius 1 is 1.33 bits per heavy atom. The Kier molecular flexibility index (Phi) is 1.60. The van der Waals surface area contributed by atoms with Crippen molar-refractivity contribution in [3.8, 4) is 0 Å². The zero-order valence-electron chi connectivity index (χ0n) is 8.50. The highest BCUT2D eigenvalue weighted by molar-refractivity contribution is 6.08. The van der Waals surface area contributed by atoms with Crippen LogP contribution >= 0.6 is 0 Å². The topological polar surface area (TPSA) is 32.9 Å². The van der Waals surface area contributed by atoms with Crippen molar-refractivity contribution in [3.05, 3.63) is 41.1 Å². The SMILES string of the molecule is Cc1ccc2[nH]c3c(c2c1)C=CCC3=O. The molecule has 2 aromatic rings. The van der Waals surface area contributed by atoms with E-state index >= 15 is 0 Å². The summed E-state index contributed by atoms with van der Waals surface area (Å²) in [4.78, 5) is 14.8. The fourth-order valence-corrected chi connectivity index (χ4v) is 2.11. The Hall–Kier alpha value is -1.83. The van der Waals surface area contributed by atoms with Gasteiger partial charge in [0.1, 0.15) is 0 Å². The van der Waals surface area contributed by atoms with Crippen LogP contribution in [0.1, 0.15) is 28.0 Å². The van der Waals surface area contributed by atoms with Crippen molar-refractivity contribution < 1.29 is 4.79 Å². The molecule has 0 aliphatic heterocycles. The Morgan fingerprint density at radius 2 is 2.20 bits per heavy atom. The second-order valence-electron chi connectivity index (χ2n) is 3.99. The van der Waals surface area contributed by atoms with Gasteiger partial charge < -0.3 is 4.98 Å². The molecular formula is C13H11NO. The number of carbonyl (C=O) groups excluding carboxylic acids is 1. The highest BCUT2D eigenvalue weighted by Gasteiger charge is 2.17. The van der Waals surface area contributed by atoms with Crippen molar-refractivity contribution in [1.82, 2.24) is 4.98 Å². The van der Waals surface area contributed by atoms with Gasteiger partial charge in [-0.3, -0.25) is 4.79 Å². The first-order valence-electron chi connectivity index (χ1n) is 5.08. The van der Waals surface area contributed by atoms with Crippen LogP contribution in [0.15, 0.2) is 24.3 Å². The summed E-state index contributed by atoms with van der Waals surface area (Å²) in [6, 6.07) is 6.20. The molecule has 3 rings (SSSR count). The number of hydrogen-bond donors (Lipinski definition) is 1. The third kappa shape index (κ3) is 1.14. The van der Waals surface area contributed by atoms with Crippen LogP contribution in [0.4, 0.5) is 0 Å². The van der Waals surface area contributed by atoms with E-state index in [-0.39, 0.29) is 5.78 Å². The standard InChI is InChI=1S/C13H11NO/c1-8-5-6-11-10(7-8)9-3-2-4-12(15)13(9)14-11/h2-3,5-7,14H,4H2,1H3. The average Bonchev–Trinajstić information content (AvgIpc) is 2.58. The third-order valence-electron chi connectivity index (χ3n) is 2.86. The lowest BCUT2D eigenvalue weighted by Crippen LogP contribution is -2.02. The summed E-state index contributed by atoms with van der Waals surface area (Å²) in [5, 5.41) is 1.15. The van der Waals surface area contributed by atoms with Crippen LogP contribution in [0.25, 0.3) is 17.0 Å². The molecule has 1 aromatic carbocycles. The molecule has 0 amide bonds. The lowest BCUT2D eigenvalue weighted by Gasteiger charge is -2.02. The fraction of sp³-hybridized carbons (Fsp3) is 0.154. The molecule has 2 nitrogen and oxygen atoms in total. The summed E-state index contributed by atoms with van der Waals surface area (Å²) in [6.45, 7) is 2.06. The second kappa shape index (κ2) is 2.83. The molecule has 2 heteroatoms. The molecule has 0 bridgehead atoms. The first kappa shape index (κ1) is 8.48. The number of nitrogens with one attached hydrogen (secondary N) is 1. The number of allylic oxidation sites excluding steroid dienone is 1. The number of H-pyrrole nitrogens is 1. The molecule has 0 fully saturated rings. The summed E-state index contributed by atoms with van der Waals surface area (Å²) >= 11 is 0. The van der Waals surface area contributed by atoms with Gasteiger partial charge in [-0.1, -0.05) is 23.8 Å². The lowest BCUT2D eigenvalue weighted by molar-refractivity contribution is 0.0990. The largest absolute Gasteiger partial charge is 0.352 e. The van der Waals surface area contributed by atoms with Gasteiger partial charge in [-0.05, 0) is 19.1 Å². The molecule has 1 aromatic heterocycles. The highest BCUT2D eigenvalue weighted by Crippen LogP contribution is 2.28. The summed E-state index contributed by atoms with van der Waals surface area (Å²) in [6.07, 6.45) is 4.48. The van der Waals surface area contributed by atoms with Crippen molar-refractivity contribution in [2.75, 3.05) is 0 Å². The number of Topliss-reactive ketones (excluding diaryl/α,β-unsaturated/α-hetero) is 1. The zero-order chi connectivity index (χ0) is 10.4. The van der Waals surface area contributed by atoms with Gasteiger partial charge in [0.2, 0.25) is 0 Å². The molecule has 15 heavy (non-hydrogen) atoms.